The molecular formula is C20H22N6O2. The van der Waals surface area contributed by atoms with Gasteiger partial charge in [-0.3, -0.25) is 4.79 Å². The van der Waals surface area contributed by atoms with Crippen LogP contribution in [0.2, 0.25) is 0 Å². The van der Waals surface area contributed by atoms with Gasteiger partial charge >= 0.3 is 0 Å². The summed E-state index contributed by atoms with van der Waals surface area (Å²) in [4.78, 5) is 30.6. The molecule has 0 saturated carbocycles. The van der Waals surface area contributed by atoms with Crippen molar-refractivity contribution >= 4 is 17.4 Å². The Balaban J connectivity index is 1.39. The van der Waals surface area contributed by atoms with Crippen LogP contribution < -0.4 is 4.90 Å². The number of imidazole rings is 1. The molecule has 144 valence electrons. The number of carbonyl (C=O) groups is 1. The minimum atomic E-state index is -0.0569. The van der Waals surface area contributed by atoms with Crippen molar-refractivity contribution in [1.29, 1.82) is 0 Å². The van der Waals surface area contributed by atoms with E-state index in [1.807, 2.05) is 34.6 Å². The van der Waals surface area contributed by atoms with Gasteiger partial charge in [-0.25, -0.2) is 15.0 Å². The van der Waals surface area contributed by atoms with Crippen LogP contribution in [0.1, 0.15) is 27.3 Å². The first-order valence-corrected chi connectivity index (χ1v) is 9.59. The van der Waals surface area contributed by atoms with E-state index < -0.39 is 0 Å². The molecule has 1 amide bonds. The van der Waals surface area contributed by atoms with Gasteiger partial charge in [0.2, 0.25) is 0 Å². The Bertz CT molecular complexity index is 1040. The highest BCUT2D eigenvalue weighted by Crippen LogP contribution is 2.26. The van der Waals surface area contributed by atoms with Crippen LogP contribution >= 0.6 is 0 Å². The smallest absolute Gasteiger partial charge is 0.274 e. The van der Waals surface area contributed by atoms with E-state index in [0.29, 0.717) is 18.8 Å². The Morgan fingerprint density at radius 1 is 1.11 bits per heavy atom. The molecule has 0 bridgehead atoms. The molecule has 0 atom stereocenters. The predicted molar refractivity (Wildman–Crippen MR) is 103 cm³/mol. The van der Waals surface area contributed by atoms with Gasteiger partial charge in [0.15, 0.2) is 0 Å². The molecular weight excluding hydrogens is 356 g/mol. The standard InChI is InChI=1S/C20H22N6O2/c1-14-2-3-18-23-17(12-26(18)10-14)20(27)25-5-4-15-16(11-25)21-13-22-19(15)24-6-8-28-9-7-24/h2-3,10,12-13H,4-9,11H2,1H3. The molecule has 8 nitrogen and oxygen atoms in total. The number of hydrogen-bond acceptors (Lipinski definition) is 6. The summed E-state index contributed by atoms with van der Waals surface area (Å²) in [6.45, 7) is 6.27. The highest BCUT2D eigenvalue weighted by atomic mass is 16.5. The van der Waals surface area contributed by atoms with Gasteiger partial charge in [0.05, 0.1) is 25.5 Å². The highest BCUT2D eigenvalue weighted by Gasteiger charge is 2.28. The Kier molecular flexibility index (Phi) is 4.20. The van der Waals surface area contributed by atoms with Crippen molar-refractivity contribution in [2.24, 2.45) is 0 Å². The first-order chi connectivity index (χ1) is 13.7. The van der Waals surface area contributed by atoms with E-state index in [-0.39, 0.29) is 5.91 Å². The fourth-order valence-electron chi connectivity index (χ4n) is 3.93. The van der Waals surface area contributed by atoms with Crippen LogP contribution in [0.25, 0.3) is 5.65 Å². The Labute approximate surface area is 162 Å². The van der Waals surface area contributed by atoms with Crippen LogP contribution in [0.4, 0.5) is 5.82 Å². The normalized spacial score (nSPS) is 17.0. The van der Waals surface area contributed by atoms with Crippen LogP contribution in [0.15, 0.2) is 30.9 Å². The number of nitrogens with zero attached hydrogens (tertiary/aromatic N) is 6. The zero-order valence-electron chi connectivity index (χ0n) is 15.8. The molecule has 5 heterocycles. The maximum atomic E-state index is 13.0. The third kappa shape index (κ3) is 2.99. The van der Waals surface area contributed by atoms with Crippen molar-refractivity contribution in [2.45, 2.75) is 19.9 Å². The summed E-state index contributed by atoms with van der Waals surface area (Å²) in [6.07, 6.45) is 6.14. The number of hydrogen-bond donors (Lipinski definition) is 0. The molecule has 1 fully saturated rings. The number of anilines is 1. The first-order valence-electron chi connectivity index (χ1n) is 9.59. The largest absolute Gasteiger partial charge is 0.378 e. The number of pyridine rings is 1. The van der Waals surface area contributed by atoms with Crippen molar-refractivity contribution < 1.29 is 9.53 Å². The lowest BCUT2D eigenvalue weighted by Crippen LogP contribution is -2.40. The number of amides is 1. The number of aromatic nitrogens is 4. The summed E-state index contributed by atoms with van der Waals surface area (Å²) >= 11 is 0. The lowest BCUT2D eigenvalue weighted by Gasteiger charge is -2.33. The van der Waals surface area contributed by atoms with Crippen LogP contribution in [0.5, 0.6) is 0 Å². The van der Waals surface area contributed by atoms with Gasteiger partial charge in [-0.2, -0.15) is 0 Å². The maximum Gasteiger partial charge on any atom is 0.274 e. The van der Waals surface area contributed by atoms with E-state index in [0.717, 1.165) is 61.0 Å². The third-order valence-corrected chi connectivity index (χ3v) is 5.40. The van der Waals surface area contributed by atoms with E-state index in [9.17, 15) is 4.79 Å². The number of fused-ring (bicyclic) bond motifs is 2. The number of rotatable bonds is 2. The summed E-state index contributed by atoms with van der Waals surface area (Å²) in [7, 11) is 0. The molecule has 2 aliphatic heterocycles. The van der Waals surface area contributed by atoms with E-state index >= 15 is 0 Å². The zero-order valence-corrected chi connectivity index (χ0v) is 15.8. The second-order valence-electron chi connectivity index (χ2n) is 7.30. The molecule has 8 heteroatoms. The van der Waals surface area contributed by atoms with Crippen LogP contribution in [0, 0.1) is 6.92 Å². The van der Waals surface area contributed by atoms with Gasteiger partial charge in [0.1, 0.15) is 23.5 Å². The summed E-state index contributed by atoms with van der Waals surface area (Å²) in [5.41, 5.74) is 4.46. The number of aryl methyl sites for hydroxylation is 1. The molecule has 5 rings (SSSR count). The van der Waals surface area contributed by atoms with Gasteiger partial charge in [0.25, 0.3) is 5.91 Å². The zero-order chi connectivity index (χ0) is 19.1. The first kappa shape index (κ1) is 17.1. The van der Waals surface area contributed by atoms with Gasteiger partial charge < -0.3 is 18.9 Å². The topological polar surface area (TPSA) is 75.9 Å². The van der Waals surface area contributed by atoms with E-state index in [1.54, 1.807) is 12.5 Å². The Morgan fingerprint density at radius 3 is 2.82 bits per heavy atom. The fourth-order valence-corrected chi connectivity index (χ4v) is 3.93. The molecule has 3 aromatic rings. The quantitative estimate of drug-likeness (QED) is 0.672. The van der Waals surface area contributed by atoms with Gasteiger partial charge in [-0.05, 0) is 25.0 Å². The van der Waals surface area contributed by atoms with Crippen molar-refractivity contribution in [2.75, 3.05) is 37.7 Å². The average Bonchev–Trinajstić information content (AvgIpc) is 3.16. The molecule has 2 aliphatic rings. The Hall–Kier alpha value is -3.00. The molecule has 0 aromatic carbocycles. The number of morpholine rings is 1. The van der Waals surface area contributed by atoms with E-state index in [4.69, 9.17) is 4.74 Å². The second-order valence-corrected chi connectivity index (χ2v) is 7.30. The van der Waals surface area contributed by atoms with E-state index in [2.05, 4.69) is 19.9 Å². The maximum absolute atomic E-state index is 13.0. The van der Waals surface area contributed by atoms with Crippen molar-refractivity contribution in [3.8, 4) is 0 Å². The van der Waals surface area contributed by atoms with Gasteiger partial charge in [0, 0.05) is 37.6 Å². The van der Waals surface area contributed by atoms with Crippen LogP contribution in [-0.2, 0) is 17.7 Å². The fraction of sp³-hybridized carbons (Fsp3) is 0.400. The molecule has 1 saturated heterocycles. The summed E-state index contributed by atoms with van der Waals surface area (Å²) in [6, 6.07) is 3.93. The van der Waals surface area contributed by atoms with Crippen LogP contribution in [-0.4, -0.2) is 63.0 Å². The molecule has 3 aromatic heterocycles. The summed E-state index contributed by atoms with van der Waals surface area (Å²) < 4.78 is 7.35. The number of ether oxygens (including phenoxy) is 1. The van der Waals surface area contributed by atoms with Crippen LogP contribution in [0.3, 0.4) is 0 Å². The Morgan fingerprint density at radius 2 is 1.96 bits per heavy atom. The van der Waals surface area contributed by atoms with Crippen molar-refractivity contribution in [3.63, 3.8) is 0 Å². The lowest BCUT2D eigenvalue weighted by molar-refractivity contribution is 0.0726. The van der Waals surface area contributed by atoms with Crippen molar-refractivity contribution in [1.82, 2.24) is 24.3 Å². The summed E-state index contributed by atoms with van der Waals surface area (Å²) in [5, 5.41) is 0. The van der Waals surface area contributed by atoms with Crippen molar-refractivity contribution in [3.05, 3.63) is 53.4 Å². The molecule has 0 unspecified atom stereocenters. The molecule has 0 aliphatic carbocycles. The van der Waals surface area contributed by atoms with Gasteiger partial charge in [-0.15, -0.1) is 0 Å². The van der Waals surface area contributed by atoms with Gasteiger partial charge in [-0.1, -0.05) is 6.07 Å². The third-order valence-electron chi connectivity index (χ3n) is 5.40. The van der Waals surface area contributed by atoms with E-state index in [1.165, 1.54) is 0 Å². The monoisotopic (exact) mass is 378 g/mol. The minimum absolute atomic E-state index is 0.0569. The molecule has 0 spiro atoms. The average molecular weight is 378 g/mol. The molecule has 0 radical (unpaired) electrons. The summed E-state index contributed by atoms with van der Waals surface area (Å²) in [5.74, 6) is 0.933. The molecule has 0 N–H and O–H groups in total. The minimum Gasteiger partial charge on any atom is -0.378 e. The molecule has 28 heavy (non-hydrogen) atoms. The predicted octanol–water partition coefficient (Wildman–Crippen LogP) is 1.47. The number of carbonyl (C=O) groups excluding carboxylic acids is 1. The SMILES string of the molecule is Cc1ccc2nc(C(=O)N3CCc4c(ncnc4N4CCOCC4)C3)cn2c1. The lowest BCUT2D eigenvalue weighted by atomic mass is 10.0. The second kappa shape index (κ2) is 6.87. The highest BCUT2D eigenvalue weighted by molar-refractivity contribution is 5.93.